The normalized spacial score (nSPS) is 11.9. The Morgan fingerprint density at radius 1 is 1.44 bits per heavy atom. The van der Waals surface area contributed by atoms with E-state index in [1.54, 1.807) is 0 Å². The second-order valence-electron chi connectivity index (χ2n) is 3.50. The highest BCUT2D eigenvalue weighted by molar-refractivity contribution is 6.33. The highest BCUT2D eigenvalue weighted by Crippen LogP contribution is 2.18. The summed E-state index contributed by atoms with van der Waals surface area (Å²) in [7, 11) is 0. The molecule has 1 rings (SSSR count). The van der Waals surface area contributed by atoms with E-state index in [1.807, 2.05) is 0 Å². The van der Waals surface area contributed by atoms with Crippen molar-refractivity contribution in [3.05, 3.63) is 34.6 Å². The summed E-state index contributed by atoms with van der Waals surface area (Å²) >= 11 is 5.67. The topological polar surface area (TPSA) is 86.6 Å². The van der Waals surface area contributed by atoms with Crippen molar-refractivity contribution in [2.24, 2.45) is 0 Å². The van der Waals surface area contributed by atoms with Crippen molar-refractivity contribution in [2.75, 3.05) is 6.54 Å². The van der Waals surface area contributed by atoms with E-state index in [4.69, 9.17) is 21.8 Å². The second kappa shape index (κ2) is 6.32. The van der Waals surface area contributed by atoms with Crippen molar-refractivity contribution >= 4 is 23.5 Å². The van der Waals surface area contributed by atoms with Crippen molar-refractivity contribution < 1.29 is 24.2 Å². The fourth-order valence-corrected chi connectivity index (χ4v) is 1.50. The van der Waals surface area contributed by atoms with E-state index in [2.05, 4.69) is 5.32 Å². The lowest BCUT2D eigenvalue weighted by Gasteiger charge is -2.09. The van der Waals surface area contributed by atoms with E-state index in [0.717, 1.165) is 6.07 Å². The summed E-state index contributed by atoms with van der Waals surface area (Å²) in [6.45, 7) is -0.100. The number of aliphatic hydroxyl groups is 1. The number of nitrogens with one attached hydrogen (secondary N) is 1. The van der Waals surface area contributed by atoms with E-state index >= 15 is 0 Å². The monoisotopic (exact) mass is 275 g/mol. The Bertz CT molecular complexity index is 446. The van der Waals surface area contributed by atoms with Crippen LogP contribution in [0.1, 0.15) is 16.8 Å². The highest BCUT2D eigenvalue weighted by Gasteiger charge is 2.17. The summed E-state index contributed by atoms with van der Waals surface area (Å²) < 4.78 is 13.3. The maximum absolute atomic E-state index is 13.3. The number of halogens is 2. The first-order chi connectivity index (χ1) is 8.43. The quantitative estimate of drug-likeness (QED) is 0.749. The Morgan fingerprint density at radius 3 is 2.67 bits per heavy atom. The van der Waals surface area contributed by atoms with Gasteiger partial charge in [0.1, 0.15) is 5.82 Å². The Kier molecular flexibility index (Phi) is 5.06. The molecule has 0 fully saturated rings. The Balaban J connectivity index is 2.59. The molecule has 0 aliphatic heterocycles. The predicted octanol–water partition coefficient (Wildman–Crippen LogP) is 1.04. The van der Waals surface area contributed by atoms with Crippen LogP contribution >= 0.6 is 11.6 Å². The number of aliphatic carboxylic acids is 1. The van der Waals surface area contributed by atoms with Gasteiger partial charge in [0.15, 0.2) is 6.10 Å². The molecule has 7 heteroatoms. The van der Waals surface area contributed by atoms with Gasteiger partial charge in [0.2, 0.25) is 0 Å². The fourth-order valence-electron chi connectivity index (χ4n) is 1.25. The van der Waals surface area contributed by atoms with Crippen LogP contribution in [0.3, 0.4) is 0 Å². The second-order valence-corrected chi connectivity index (χ2v) is 3.90. The van der Waals surface area contributed by atoms with Crippen molar-refractivity contribution in [1.29, 1.82) is 0 Å². The van der Waals surface area contributed by atoms with Crippen LogP contribution in [0.2, 0.25) is 5.02 Å². The van der Waals surface area contributed by atoms with Crippen molar-refractivity contribution in [3.63, 3.8) is 0 Å². The average molecular weight is 276 g/mol. The van der Waals surface area contributed by atoms with Gasteiger partial charge in [-0.3, -0.25) is 4.79 Å². The van der Waals surface area contributed by atoms with Crippen LogP contribution in [-0.4, -0.2) is 34.7 Å². The van der Waals surface area contributed by atoms with Crippen LogP contribution in [0.4, 0.5) is 4.39 Å². The number of benzene rings is 1. The van der Waals surface area contributed by atoms with Gasteiger partial charge >= 0.3 is 5.97 Å². The number of carboxylic acids is 1. The molecule has 0 aliphatic rings. The number of carbonyl (C=O) groups is 2. The van der Waals surface area contributed by atoms with Crippen LogP contribution < -0.4 is 5.32 Å². The van der Waals surface area contributed by atoms with E-state index in [9.17, 15) is 14.0 Å². The Morgan fingerprint density at radius 2 is 2.11 bits per heavy atom. The van der Waals surface area contributed by atoms with Crippen LogP contribution in [0.15, 0.2) is 18.2 Å². The smallest absolute Gasteiger partial charge is 0.332 e. The first kappa shape index (κ1) is 14.4. The van der Waals surface area contributed by atoms with Crippen molar-refractivity contribution in [2.45, 2.75) is 12.5 Å². The molecule has 0 radical (unpaired) electrons. The number of aliphatic hydroxyl groups excluding tert-OH is 1. The summed E-state index contributed by atoms with van der Waals surface area (Å²) in [5.74, 6) is -2.90. The predicted molar refractivity (Wildman–Crippen MR) is 62.0 cm³/mol. The van der Waals surface area contributed by atoms with Crippen LogP contribution in [-0.2, 0) is 4.79 Å². The third-order valence-corrected chi connectivity index (χ3v) is 2.49. The zero-order valence-corrected chi connectivity index (χ0v) is 9.95. The number of carboxylic acid groups (broad SMARTS) is 1. The molecular formula is C11H11ClFNO4. The number of amides is 1. The minimum absolute atomic E-state index is 0.0358. The Labute approximate surface area is 107 Å². The van der Waals surface area contributed by atoms with Crippen molar-refractivity contribution in [1.82, 2.24) is 5.32 Å². The van der Waals surface area contributed by atoms with Gasteiger partial charge in [-0.25, -0.2) is 9.18 Å². The summed E-state index contributed by atoms with van der Waals surface area (Å²) in [5.41, 5.74) is -0.302. The molecule has 0 aliphatic carbocycles. The van der Waals surface area contributed by atoms with Gasteiger partial charge in [-0.05, 0) is 12.1 Å². The van der Waals surface area contributed by atoms with Crippen LogP contribution in [0.5, 0.6) is 0 Å². The molecule has 0 aromatic heterocycles. The average Bonchev–Trinajstić information content (AvgIpc) is 2.28. The molecule has 0 saturated carbocycles. The third kappa shape index (κ3) is 3.68. The maximum Gasteiger partial charge on any atom is 0.332 e. The molecule has 18 heavy (non-hydrogen) atoms. The molecule has 98 valence electrons. The van der Waals surface area contributed by atoms with Crippen LogP contribution in [0.25, 0.3) is 0 Å². The number of rotatable bonds is 5. The molecule has 1 amide bonds. The summed E-state index contributed by atoms with van der Waals surface area (Å²) in [6.07, 6.45) is -1.74. The molecule has 0 spiro atoms. The molecule has 0 saturated heterocycles. The molecule has 1 atom stereocenters. The third-order valence-electron chi connectivity index (χ3n) is 2.18. The number of hydrogen-bond donors (Lipinski definition) is 3. The van der Waals surface area contributed by atoms with Gasteiger partial charge in [-0.1, -0.05) is 17.7 Å². The van der Waals surface area contributed by atoms with E-state index in [1.165, 1.54) is 12.1 Å². The lowest BCUT2D eigenvalue weighted by Crippen LogP contribution is -2.30. The largest absolute Gasteiger partial charge is 0.479 e. The van der Waals surface area contributed by atoms with Gasteiger partial charge in [0.05, 0.1) is 10.6 Å². The lowest BCUT2D eigenvalue weighted by atomic mass is 10.2. The molecule has 0 unspecified atom stereocenters. The van der Waals surface area contributed by atoms with E-state index in [-0.39, 0.29) is 23.6 Å². The minimum atomic E-state index is -1.57. The SMILES string of the molecule is O=C(NCC[C@H](O)C(=O)O)c1c(F)cccc1Cl. The highest BCUT2D eigenvalue weighted by atomic mass is 35.5. The molecule has 0 bridgehead atoms. The van der Waals surface area contributed by atoms with Gasteiger partial charge in [0.25, 0.3) is 5.91 Å². The van der Waals surface area contributed by atoms with Gasteiger partial charge < -0.3 is 15.5 Å². The fraction of sp³-hybridized carbons (Fsp3) is 0.273. The summed E-state index contributed by atoms with van der Waals surface area (Å²) in [5, 5.41) is 19.6. The van der Waals surface area contributed by atoms with Gasteiger partial charge in [-0.2, -0.15) is 0 Å². The molecule has 5 nitrogen and oxygen atoms in total. The molecule has 1 aromatic rings. The molecule has 3 N–H and O–H groups in total. The minimum Gasteiger partial charge on any atom is -0.479 e. The lowest BCUT2D eigenvalue weighted by molar-refractivity contribution is -0.146. The summed E-state index contributed by atoms with van der Waals surface area (Å²) in [4.78, 5) is 21.9. The molecular weight excluding hydrogens is 265 g/mol. The Hall–Kier alpha value is -1.66. The number of hydrogen-bond acceptors (Lipinski definition) is 3. The first-order valence-electron chi connectivity index (χ1n) is 5.06. The molecule has 0 heterocycles. The van der Waals surface area contributed by atoms with E-state index in [0.29, 0.717) is 0 Å². The molecule has 1 aromatic carbocycles. The zero-order chi connectivity index (χ0) is 13.7. The zero-order valence-electron chi connectivity index (χ0n) is 9.19. The first-order valence-corrected chi connectivity index (χ1v) is 5.44. The number of carbonyl (C=O) groups excluding carboxylic acids is 1. The maximum atomic E-state index is 13.3. The van der Waals surface area contributed by atoms with Gasteiger partial charge in [-0.15, -0.1) is 0 Å². The van der Waals surface area contributed by atoms with Crippen molar-refractivity contribution in [3.8, 4) is 0 Å². The van der Waals surface area contributed by atoms with Crippen LogP contribution in [0, 0.1) is 5.82 Å². The standard InChI is InChI=1S/C11H11ClFNO4/c12-6-2-1-3-7(13)9(6)10(16)14-5-4-8(15)11(17)18/h1-3,8,15H,4-5H2,(H,14,16)(H,17,18)/t8-/m0/s1. The summed E-state index contributed by atoms with van der Waals surface area (Å²) in [6, 6.07) is 3.82. The van der Waals surface area contributed by atoms with E-state index < -0.39 is 23.8 Å². The van der Waals surface area contributed by atoms with Gasteiger partial charge in [0, 0.05) is 13.0 Å².